The SMILES string of the molecule is Cc1cc(N2CCN(Cc3ccccn3)CC2)ccc1-c1c[n+](CC2OCC3(CC3)CO2)cn1C1CC1Oc1cc(N2CC(C)(CO)C2)cnc1-c1cn(CC2OCC(C)(C)CO2)cn1. The Hall–Kier alpha value is -4.90. The second-order valence-electron chi connectivity index (χ2n) is 20.9. The van der Waals surface area contributed by atoms with E-state index in [1.54, 1.807) is 0 Å². The van der Waals surface area contributed by atoms with E-state index >= 15 is 0 Å². The van der Waals surface area contributed by atoms with Gasteiger partial charge in [-0.15, -0.1) is 0 Å². The molecule has 0 amide bonds. The monoisotopic (exact) mass is 886 g/mol. The second-order valence-corrected chi connectivity index (χ2v) is 20.9. The van der Waals surface area contributed by atoms with E-state index in [9.17, 15) is 5.11 Å². The average Bonchev–Trinajstić information content (AvgIpc) is 4.14. The first-order chi connectivity index (χ1) is 31.5. The molecule has 2 saturated carbocycles. The van der Waals surface area contributed by atoms with Crippen LogP contribution in [0.4, 0.5) is 11.4 Å². The highest BCUT2D eigenvalue weighted by molar-refractivity contribution is 5.69. The summed E-state index contributed by atoms with van der Waals surface area (Å²) in [7, 11) is 0. The molecule has 8 heterocycles. The van der Waals surface area contributed by atoms with Crippen molar-refractivity contribution in [2.75, 3.05) is 82.1 Å². The molecule has 6 aliphatic rings. The highest BCUT2D eigenvalue weighted by Gasteiger charge is 2.49. The average molecular weight is 887 g/mol. The molecular weight excluding hydrogens is 823 g/mol. The van der Waals surface area contributed by atoms with Gasteiger partial charge in [0.1, 0.15) is 42.0 Å². The number of anilines is 2. The summed E-state index contributed by atoms with van der Waals surface area (Å²) >= 11 is 0. The number of nitrogens with zero attached hydrogens (tertiary/aromatic N) is 9. The first-order valence-electron chi connectivity index (χ1n) is 23.6. The van der Waals surface area contributed by atoms with E-state index in [-0.39, 0.29) is 47.6 Å². The van der Waals surface area contributed by atoms with Crippen molar-refractivity contribution in [2.24, 2.45) is 16.2 Å². The van der Waals surface area contributed by atoms with Crippen LogP contribution in [0.1, 0.15) is 57.3 Å². The fourth-order valence-corrected chi connectivity index (χ4v) is 9.82. The molecule has 6 fully saturated rings. The molecule has 0 radical (unpaired) electrons. The van der Waals surface area contributed by atoms with Gasteiger partial charge in [0, 0.05) is 98.2 Å². The zero-order valence-corrected chi connectivity index (χ0v) is 38.3. The molecule has 5 aromatic rings. The number of rotatable bonds is 14. The van der Waals surface area contributed by atoms with Gasteiger partial charge in [-0.2, -0.15) is 0 Å². The van der Waals surface area contributed by atoms with Gasteiger partial charge < -0.3 is 43.2 Å². The number of aliphatic hydroxyl groups is 1. The Morgan fingerprint density at radius 1 is 0.862 bits per heavy atom. The van der Waals surface area contributed by atoms with E-state index in [1.165, 1.54) is 29.7 Å². The number of aryl methyl sites for hydroxylation is 1. The molecule has 4 saturated heterocycles. The highest BCUT2D eigenvalue weighted by atomic mass is 16.7. The van der Waals surface area contributed by atoms with Crippen LogP contribution in [-0.2, 0) is 38.6 Å². The lowest BCUT2D eigenvalue weighted by atomic mass is 9.82. The summed E-state index contributed by atoms with van der Waals surface area (Å²) in [5.74, 6) is 0.699. The Balaban J connectivity index is 0.837. The molecule has 2 aliphatic carbocycles. The van der Waals surface area contributed by atoms with Crippen LogP contribution in [0, 0.1) is 23.2 Å². The third kappa shape index (κ3) is 9.28. The minimum atomic E-state index is -0.334. The lowest BCUT2D eigenvalue weighted by Gasteiger charge is -2.48. The molecule has 4 aliphatic heterocycles. The molecule has 2 unspecified atom stereocenters. The van der Waals surface area contributed by atoms with Crippen LogP contribution >= 0.6 is 0 Å². The van der Waals surface area contributed by atoms with Crippen LogP contribution < -0.4 is 19.1 Å². The van der Waals surface area contributed by atoms with Gasteiger partial charge in [-0.3, -0.25) is 9.88 Å². The summed E-state index contributed by atoms with van der Waals surface area (Å²) in [4.78, 5) is 21.6. The van der Waals surface area contributed by atoms with Gasteiger partial charge in [-0.1, -0.05) is 26.8 Å². The van der Waals surface area contributed by atoms with Gasteiger partial charge in [0.05, 0.1) is 63.5 Å². The van der Waals surface area contributed by atoms with Crippen LogP contribution in [0.5, 0.6) is 5.75 Å². The van der Waals surface area contributed by atoms with Crippen molar-refractivity contribution < 1.29 is 33.4 Å². The minimum absolute atomic E-state index is 0.00114. The smallest absolute Gasteiger partial charge is 0.244 e. The molecule has 15 nitrogen and oxygen atoms in total. The van der Waals surface area contributed by atoms with Crippen molar-refractivity contribution in [3.05, 3.63) is 91.2 Å². The summed E-state index contributed by atoms with van der Waals surface area (Å²) in [5, 5.41) is 10.0. The Morgan fingerprint density at radius 2 is 1.65 bits per heavy atom. The van der Waals surface area contributed by atoms with Crippen LogP contribution in [0.25, 0.3) is 22.6 Å². The first kappa shape index (κ1) is 42.7. The first-order valence-corrected chi connectivity index (χ1v) is 23.6. The Labute approximate surface area is 381 Å². The number of hydrogen-bond acceptors (Lipinski definition) is 12. The summed E-state index contributed by atoms with van der Waals surface area (Å²) in [6, 6.07) is 15.3. The number of benzene rings is 1. The predicted octanol–water partition coefficient (Wildman–Crippen LogP) is 5.49. The zero-order chi connectivity index (χ0) is 44.3. The van der Waals surface area contributed by atoms with Gasteiger partial charge in [0.2, 0.25) is 6.33 Å². The lowest BCUT2D eigenvalue weighted by molar-refractivity contribution is -0.711. The van der Waals surface area contributed by atoms with Crippen LogP contribution in [0.15, 0.2) is 79.9 Å². The summed E-state index contributed by atoms with van der Waals surface area (Å²) in [6.45, 7) is 19.1. The normalized spacial score (nSPS) is 24.0. The predicted molar refractivity (Wildman–Crippen MR) is 244 cm³/mol. The van der Waals surface area contributed by atoms with Crippen molar-refractivity contribution in [3.8, 4) is 28.4 Å². The molecule has 15 heteroatoms. The molecule has 0 bridgehead atoms. The van der Waals surface area contributed by atoms with Crippen molar-refractivity contribution in [2.45, 2.75) is 91.3 Å². The van der Waals surface area contributed by atoms with Gasteiger partial charge >= 0.3 is 0 Å². The molecule has 2 atom stereocenters. The number of aliphatic hydroxyl groups excluding tert-OH is 1. The largest absolute Gasteiger partial charge is 0.483 e. The molecule has 1 N–H and O–H groups in total. The van der Waals surface area contributed by atoms with Crippen molar-refractivity contribution in [1.82, 2.24) is 29.0 Å². The quantitative estimate of drug-likeness (QED) is 0.142. The lowest BCUT2D eigenvalue weighted by Crippen LogP contribution is -2.56. The van der Waals surface area contributed by atoms with Crippen LogP contribution in [0.2, 0.25) is 0 Å². The van der Waals surface area contributed by atoms with Gasteiger partial charge in [0.25, 0.3) is 0 Å². The van der Waals surface area contributed by atoms with E-state index in [1.807, 2.05) is 35.6 Å². The second kappa shape index (κ2) is 17.1. The number of imidazole rings is 2. The Bertz CT molecular complexity index is 2450. The Morgan fingerprint density at radius 3 is 2.37 bits per heavy atom. The maximum atomic E-state index is 10.0. The maximum Gasteiger partial charge on any atom is 0.244 e. The number of aromatic nitrogens is 6. The molecule has 11 rings (SSSR count). The molecule has 344 valence electrons. The number of hydrogen-bond donors (Lipinski definition) is 1. The molecule has 4 aromatic heterocycles. The van der Waals surface area contributed by atoms with Gasteiger partial charge in [-0.05, 0) is 55.7 Å². The number of piperazine rings is 1. The van der Waals surface area contributed by atoms with Crippen molar-refractivity contribution in [1.29, 1.82) is 0 Å². The van der Waals surface area contributed by atoms with E-state index < -0.39 is 0 Å². The van der Waals surface area contributed by atoms with Crippen molar-refractivity contribution >= 4 is 11.4 Å². The standard InChI is InChI=1S/C50H64N9O6/c1-35-17-37(57-15-13-54(14-16-57)21-36-7-5-6-12-51-36)8-9-39(35)42-23-56(25-46-63-31-50(10-11-50)32-64-46)34-59(42)41-19-43(41)65-44-18-38(58-26-49(4,27-58)28-60)20-52-47(44)40-22-55(33-53-40)24-45-61-29-48(2,3)30-62-45/h5-9,12,17-18,20,22-23,33-34,41,43,45-46,60H,10-11,13-16,19,21,24-32H2,1-4H3/q+1. The summed E-state index contributed by atoms with van der Waals surface area (Å²) < 4.78 is 38.3. The van der Waals surface area contributed by atoms with E-state index in [0.717, 1.165) is 88.2 Å². The minimum Gasteiger partial charge on any atom is -0.483 e. The fraction of sp³-hybridized carbons (Fsp3) is 0.560. The fourth-order valence-electron chi connectivity index (χ4n) is 9.82. The van der Waals surface area contributed by atoms with Crippen LogP contribution in [-0.4, -0.2) is 125 Å². The van der Waals surface area contributed by atoms with Crippen molar-refractivity contribution in [3.63, 3.8) is 0 Å². The van der Waals surface area contributed by atoms with Gasteiger partial charge in [0.15, 0.2) is 18.3 Å². The molecular formula is C50H64N9O6+. The number of ether oxygens (including phenoxy) is 5. The third-order valence-electron chi connectivity index (χ3n) is 14.3. The number of pyridine rings is 2. The Kier molecular flexibility index (Phi) is 11.2. The van der Waals surface area contributed by atoms with E-state index in [2.05, 4.69) is 105 Å². The highest BCUT2D eigenvalue weighted by Crippen LogP contribution is 2.49. The van der Waals surface area contributed by atoms with Crippen LogP contribution in [0.3, 0.4) is 0 Å². The summed E-state index contributed by atoms with van der Waals surface area (Å²) in [5.41, 5.74) is 8.47. The molecule has 1 spiro atoms. The van der Waals surface area contributed by atoms with E-state index in [0.29, 0.717) is 37.7 Å². The molecule has 1 aromatic carbocycles. The summed E-state index contributed by atoms with van der Waals surface area (Å²) in [6.07, 6.45) is 14.6. The zero-order valence-electron chi connectivity index (χ0n) is 38.3. The van der Waals surface area contributed by atoms with E-state index in [4.69, 9.17) is 33.7 Å². The maximum absolute atomic E-state index is 10.0. The topological polar surface area (TPSA) is 129 Å². The third-order valence-corrected chi connectivity index (χ3v) is 14.3. The molecule has 65 heavy (non-hydrogen) atoms. The van der Waals surface area contributed by atoms with Gasteiger partial charge in [-0.25, -0.2) is 19.1 Å².